The summed E-state index contributed by atoms with van der Waals surface area (Å²) in [5.74, 6) is 0.328. The lowest BCUT2D eigenvalue weighted by Crippen LogP contribution is -2.37. The molecule has 1 aliphatic rings. The Bertz CT molecular complexity index is 234. The van der Waals surface area contributed by atoms with Gasteiger partial charge in [0.05, 0.1) is 0 Å². The van der Waals surface area contributed by atoms with E-state index in [1.165, 1.54) is 12.8 Å². The van der Waals surface area contributed by atoms with E-state index in [2.05, 4.69) is 17.0 Å². The highest BCUT2D eigenvalue weighted by molar-refractivity contribution is 5.85. The first-order valence-corrected chi connectivity index (χ1v) is 5.73. The molecule has 15 heavy (non-hydrogen) atoms. The second kappa shape index (κ2) is 4.84. The Kier molecular flexibility index (Phi) is 3.97. The molecular formula is C11H23N3O. The normalized spacial score (nSPS) is 18.5. The molecule has 1 aliphatic carbocycles. The Labute approximate surface area is 92.1 Å². The van der Waals surface area contributed by atoms with Crippen LogP contribution in [0.3, 0.4) is 0 Å². The molecule has 0 aromatic carbocycles. The van der Waals surface area contributed by atoms with Crippen molar-refractivity contribution in [3.63, 3.8) is 0 Å². The summed E-state index contributed by atoms with van der Waals surface area (Å²) in [5, 5.41) is 11.8. The molecule has 0 aliphatic heterocycles. The van der Waals surface area contributed by atoms with Crippen LogP contribution in [0.2, 0.25) is 0 Å². The Morgan fingerprint density at radius 3 is 2.53 bits per heavy atom. The van der Waals surface area contributed by atoms with E-state index in [-0.39, 0.29) is 5.41 Å². The van der Waals surface area contributed by atoms with Gasteiger partial charge < -0.3 is 15.8 Å². The number of nitrogens with two attached hydrogens (primary N) is 1. The topological polar surface area (TPSA) is 61.8 Å². The molecule has 0 aromatic rings. The maximum atomic E-state index is 8.66. The molecule has 4 nitrogen and oxygen atoms in total. The Morgan fingerprint density at radius 1 is 1.53 bits per heavy atom. The molecular weight excluding hydrogens is 190 g/mol. The molecule has 0 radical (unpaired) electrons. The molecule has 0 unspecified atom stereocenters. The molecule has 0 saturated heterocycles. The van der Waals surface area contributed by atoms with Crippen LogP contribution in [-0.4, -0.2) is 35.1 Å². The summed E-state index contributed by atoms with van der Waals surface area (Å²) in [6.07, 6.45) is 3.60. The van der Waals surface area contributed by atoms with Crippen molar-refractivity contribution in [2.24, 2.45) is 16.3 Å². The van der Waals surface area contributed by atoms with E-state index in [0.717, 1.165) is 25.6 Å². The average molecular weight is 213 g/mol. The van der Waals surface area contributed by atoms with Crippen molar-refractivity contribution < 1.29 is 5.21 Å². The van der Waals surface area contributed by atoms with E-state index in [9.17, 15) is 0 Å². The van der Waals surface area contributed by atoms with Gasteiger partial charge in [-0.1, -0.05) is 25.9 Å². The van der Waals surface area contributed by atoms with Gasteiger partial charge in [0.25, 0.3) is 0 Å². The zero-order chi connectivity index (χ0) is 11.5. The summed E-state index contributed by atoms with van der Waals surface area (Å²) in [7, 11) is 0. The van der Waals surface area contributed by atoms with Crippen LogP contribution >= 0.6 is 0 Å². The molecule has 0 amide bonds. The first-order chi connectivity index (χ1) is 7.01. The zero-order valence-electron chi connectivity index (χ0n) is 10.0. The molecule has 0 atom stereocenters. The summed E-state index contributed by atoms with van der Waals surface area (Å²) in [6, 6.07) is 0.790. The lowest BCUT2D eigenvalue weighted by molar-refractivity contribution is 0.242. The number of oxime groups is 1. The molecule has 88 valence electrons. The smallest absolute Gasteiger partial charge is 0.144 e. The Balaban J connectivity index is 2.40. The molecule has 1 rings (SSSR count). The molecule has 0 aromatic heterocycles. The number of hydrogen-bond donors (Lipinski definition) is 2. The highest BCUT2D eigenvalue weighted by Gasteiger charge is 2.30. The van der Waals surface area contributed by atoms with Gasteiger partial charge in [-0.15, -0.1) is 0 Å². The van der Waals surface area contributed by atoms with Crippen molar-refractivity contribution in [3.05, 3.63) is 0 Å². The number of amidine groups is 1. The van der Waals surface area contributed by atoms with Gasteiger partial charge in [0.15, 0.2) is 0 Å². The molecule has 4 heteroatoms. The third-order valence-corrected chi connectivity index (χ3v) is 3.29. The van der Waals surface area contributed by atoms with Gasteiger partial charge in [0.1, 0.15) is 5.84 Å². The van der Waals surface area contributed by atoms with Gasteiger partial charge in [-0.25, -0.2) is 0 Å². The van der Waals surface area contributed by atoms with Gasteiger partial charge in [-0.3, -0.25) is 0 Å². The fourth-order valence-corrected chi connectivity index (χ4v) is 1.73. The van der Waals surface area contributed by atoms with E-state index >= 15 is 0 Å². The van der Waals surface area contributed by atoms with Crippen molar-refractivity contribution in [3.8, 4) is 0 Å². The zero-order valence-corrected chi connectivity index (χ0v) is 10.0. The Morgan fingerprint density at radius 2 is 2.13 bits per heavy atom. The maximum Gasteiger partial charge on any atom is 0.144 e. The van der Waals surface area contributed by atoms with Crippen molar-refractivity contribution in [2.45, 2.75) is 46.1 Å². The van der Waals surface area contributed by atoms with Gasteiger partial charge in [-0.2, -0.15) is 0 Å². The van der Waals surface area contributed by atoms with Crippen molar-refractivity contribution in [2.75, 3.05) is 13.1 Å². The molecule has 1 saturated carbocycles. The lowest BCUT2D eigenvalue weighted by atomic mass is 9.88. The average Bonchev–Trinajstić information content (AvgIpc) is 3.01. The van der Waals surface area contributed by atoms with Crippen LogP contribution in [0.5, 0.6) is 0 Å². The van der Waals surface area contributed by atoms with Crippen LogP contribution in [-0.2, 0) is 0 Å². The van der Waals surface area contributed by atoms with Crippen LogP contribution < -0.4 is 5.73 Å². The SMILES string of the molecule is CCN(CCC(C)(C)C(N)=NO)C1CC1. The van der Waals surface area contributed by atoms with E-state index in [0.29, 0.717) is 5.84 Å². The minimum atomic E-state index is -0.211. The van der Waals surface area contributed by atoms with Crippen LogP contribution in [0.25, 0.3) is 0 Å². The summed E-state index contributed by atoms with van der Waals surface area (Å²) in [6.45, 7) is 8.35. The van der Waals surface area contributed by atoms with Crippen molar-refractivity contribution >= 4 is 5.84 Å². The third-order valence-electron chi connectivity index (χ3n) is 3.29. The van der Waals surface area contributed by atoms with E-state index in [1.54, 1.807) is 0 Å². The minimum absolute atomic E-state index is 0.211. The Hall–Kier alpha value is -0.770. The van der Waals surface area contributed by atoms with E-state index < -0.39 is 0 Å². The van der Waals surface area contributed by atoms with Crippen molar-refractivity contribution in [1.29, 1.82) is 0 Å². The predicted octanol–water partition coefficient (Wildman–Crippen LogP) is 1.63. The first-order valence-electron chi connectivity index (χ1n) is 5.73. The van der Waals surface area contributed by atoms with Gasteiger partial charge in [-0.05, 0) is 32.4 Å². The van der Waals surface area contributed by atoms with Crippen LogP contribution in [0.15, 0.2) is 5.16 Å². The number of nitrogens with zero attached hydrogens (tertiary/aromatic N) is 2. The van der Waals surface area contributed by atoms with E-state index in [4.69, 9.17) is 10.9 Å². The number of hydrogen-bond acceptors (Lipinski definition) is 3. The van der Waals surface area contributed by atoms with Crippen LogP contribution in [0.1, 0.15) is 40.0 Å². The second-order valence-electron chi connectivity index (χ2n) is 4.98. The molecule has 0 bridgehead atoms. The summed E-state index contributed by atoms with van der Waals surface area (Å²) in [4.78, 5) is 2.48. The lowest BCUT2D eigenvalue weighted by Gasteiger charge is -2.27. The minimum Gasteiger partial charge on any atom is -0.409 e. The fraction of sp³-hybridized carbons (Fsp3) is 0.909. The molecule has 1 fully saturated rings. The maximum absolute atomic E-state index is 8.66. The first kappa shape index (κ1) is 12.3. The summed E-state index contributed by atoms with van der Waals surface area (Å²) in [5.41, 5.74) is 5.44. The molecule has 0 spiro atoms. The monoisotopic (exact) mass is 213 g/mol. The van der Waals surface area contributed by atoms with Gasteiger partial charge >= 0.3 is 0 Å². The fourth-order valence-electron chi connectivity index (χ4n) is 1.73. The third kappa shape index (κ3) is 3.38. The highest BCUT2D eigenvalue weighted by atomic mass is 16.4. The predicted molar refractivity (Wildman–Crippen MR) is 62.1 cm³/mol. The standard InChI is InChI=1S/C11H23N3O/c1-4-14(9-5-6-9)8-7-11(2,3)10(12)13-15/h9,15H,4-8H2,1-3H3,(H2,12,13). The largest absolute Gasteiger partial charge is 0.409 e. The number of rotatable bonds is 6. The molecule has 0 heterocycles. The highest BCUT2D eigenvalue weighted by Crippen LogP contribution is 2.29. The van der Waals surface area contributed by atoms with Crippen LogP contribution in [0, 0.1) is 5.41 Å². The summed E-state index contributed by atoms with van der Waals surface area (Å²) >= 11 is 0. The van der Waals surface area contributed by atoms with Crippen molar-refractivity contribution in [1.82, 2.24) is 4.90 Å². The summed E-state index contributed by atoms with van der Waals surface area (Å²) < 4.78 is 0. The van der Waals surface area contributed by atoms with Gasteiger partial charge in [0.2, 0.25) is 0 Å². The van der Waals surface area contributed by atoms with E-state index in [1.807, 2.05) is 13.8 Å². The quantitative estimate of drug-likeness (QED) is 0.305. The van der Waals surface area contributed by atoms with Gasteiger partial charge in [0, 0.05) is 11.5 Å². The second-order valence-corrected chi connectivity index (χ2v) is 4.98. The van der Waals surface area contributed by atoms with Crippen LogP contribution in [0.4, 0.5) is 0 Å². The molecule has 3 N–H and O–H groups in total.